The van der Waals surface area contributed by atoms with Gasteiger partial charge < -0.3 is 10.2 Å². The first kappa shape index (κ1) is 32.7. The van der Waals surface area contributed by atoms with Crippen LogP contribution in [0.25, 0.3) is 0 Å². The van der Waals surface area contributed by atoms with Crippen molar-refractivity contribution in [3.8, 4) is 0 Å². The van der Waals surface area contributed by atoms with E-state index in [1.807, 2.05) is 20.8 Å². The van der Waals surface area contributed by atoms with Gasteiger partial charge in [-0.05, 0) is 68.7 Å². The Bertz CT molecular complexity index is 1490. The number of anilines is 1. The molecule has 0 fully saturated rings. The van der Waals surface area contributed by atoms with Gasteiger partial charge in [0.2, 0.25) is 11.8 Å². The molecule has 0 heterocycles. The van der Waals surface area contributed by atoms with Crippen LogP contribution in [-0.4, -0.2) is 44.3 Å². The molecule has 0 saturated heterocycles. The van der Waals surface area contributed by atoms with E-state index in [0.717, 1.165) is 15.4 Å². The number of aryl methyl sites for hydroxylation is 2. The average Bonchev–Trinajstić information content (AvgIpc) is 2.91. The Balaban J connectivity index is 2.08. The number of amides is 2. The van der Waals surface area contributed by atoms with Crippen LogP contribution in [0, 0.1) is 19.8 Å². The van der Waals surface area contributed by atoms with Crippen LogP contribution in [0.5, 0.6) is 0 Å². The van der Waals surface area contributed by atoms with Crippen molar-refractivity contribution in [1.82, 2.24) is 10.2 Å². The predicted molar refractivity (Wildman–Crippen MR) is 166 cm³/mol. The number of nitrogens with zero attached hydrogens (tertiary/aromatic N) is 2. The first-order valence-corrected chi connectivity index (χ1v) is 15.7. The zero-order valence-electron chi connectivity index (χ0n) is 23.6. The Morgan fingerprint density at radius 2 is 1.49 bits per heavy atom. The minimum absolute atomic E-state index is 0.0102. The molecule has 0 saturated carbocycles. The van der Waals surface area contributed by atoms with Crippen molar-refractivity contribution in [2.75, 3.05) is 17.4 Å². The van der Waals surface area contributed by atoms with E-state index in [1.165, 1.54) is 23.1 Å². The van der Waals surface area contributed by atoms with Crippen LogP contribution >= 0.6 is 34.8 Å². The third-order valence-corrected chi connectivity index (χ3v) is 9.48. The summed E-state index contributed by atoms with van der Waals surface area (Å²) in [6.07, 6.45) is 0. The molecule has 220 valence electrons. The Morgan fingerprint density at radius 1 is 0.878 bits per heavy atom. The molecule has 0 unspecified atom stereocenters. The van der Waals surface area contributed by atoms with Crippen molar-refractivity contribution < 1.29 is 18.0 Å². The molecule has 0 aliphatic carbocycles. The molecule has 1 N–H and O–H groups in total. The number of sulfonamides is 1. The van der Waals surface area contributed by atoms with E-state index < -0.39 is 28.5 Å². The number of benzene rings is 3. The second kappa shape index (κ2) is 13.9. The van der Waals surface area contributed by atoms with Crippen LogP contribution in [0.3, 0.4) is 0 Å². The fourth-order valence-electron chi connectivity index (χ4n) is 3.99. The molecule has 0 radical (unpaired) electrons. The molecule has 0 bridgehead atoms. The summed E-state index contributed by atoms with van der Waals surface area (Å²) in [5, 5.41) is 3.83. The number of halogens is 3. The lowest BCUT2D eigenvalue weighted by Crippen LogP contribution is -2.51. The molecule has 0 aromatic heterocycles. The summed E-state index contributed by atoms with van der Waals surface area (Å²) >= 11 is 19.2. The Hall–Kier alpha value is -2.78. The van der Waals surface area contributed by atoms with Crippen molar-refractivity contribution in [3.63, 3.8) is 0 Å². The van der Waals surface area contributed by atoms with Crippen LogP contribution in [0.4, 0.5) is 5.69 Å². The molecule has 41 heavy (non-hydrogen) atoms. The number of hydrogen-bond acceptors (Lipinski definition) is 4. The van der Waals surface area contributed by atoms with Crippen molar-refractivity contribution in [2.24, 2.45) is 5.92 Å². The van der Waals surface area contributed by atoms with Crippen LogP contribution < -0.4 is 9.62 Å². The fourth-order valence-corrected chi connectivity index (χ4v) is 6.09. The van der Waals surface area contributed by atoms with Crippen molar-refractivity contribution in [2.45, 2.75) is 52.1 Å². The summed E-state index contributed by atoms with van der Waals surface area (Å²) in [6, 6.07) is 15.1. The average molecular weight is 639 g/mol. The monoisotopic (exact) mass is 637 g/mol. The first-order valence-electron chi connectivity index (χ1n) is 13.1. The van der Waals surface area contributed by atoms with Gasteiger partial charge in [0.15, 0.2) is 0 Å². The summed E-state index contributed by atoms with van der Waals surface area (Å²) < 4.78 is 28.9. The lowest BCUT2D eigenvalue weighted by Gasteiger charge is -2.32. The maximum Gasteiger partial charge on any atom is 0.264 e. The quantitative estimate of drug-likeness (QED) is 0.255. The summed E-state index contributed by atoms with van der Waals surface area (Å²) in [5.41, 5.74) is 2.29. The highest BCUT2D eigenvalue weighted by Gasteiger charge is 2.33. The highest BCUT2D eigenvalue weighted by atomic mass is 35.5. The third kappa shape index (κ3) is 8.16. The number of nitrogens with one attached hydrogen (secondary N) is 1. The molecule has 7 nitrogen and oxygen atoms in total. The second-order valence-electron chi connectivity index (χ2n) is 10.3. The van der Waals surface area contributed by atoms with Gasteiger partial charge in [0, 0.05) is 33.7 Å². The minimum atomic E-state index is -4.21. The fraction of sp³-hybridized carbons (Fsp3) is 0.333. The largest absolute Gasteiger partial charge is 0.354 e. The Kier molecular flexibility index (Phi) is 11.1. The molecule has 0 spiro atoms. The molecule has 1 atom stereocenters. The maximum absolute atomic E-state index is 14.0. The lowest BCUT2D eigenvalue weighted by atomic mass is 10.1. The molecule has 3 rings (SSSR count). The van der Waals surface area contributed by atoms with E-state index in [-0.39, 0.29) is 29.0 Å². The van der Waals surface area contributed by atoms with Gasteiger partial charge in [0.05, 0.1) is 10.6 Å². The molecular formula is C30H34Cl3N3O4S. The minimum Gasteiger partial charge on any atom is -0.354 e. The number of hydrogen-bond donors (Lipinski definition) is 1. The topological polar surface area (TPSA) is 86.8 Å². The maximum atomic E-state index is 14.0. The van der Waals surface area contributed by atoms with Crippen LogP contribution in [0.2, 0.25) is 15.1 Å². The van der Waals surface area contributed by atoms with E-state index >= 15 is 0 Å². The summed E-state index contributed by atoms with van der Waals surface area (Å²) in [5.74, 6) is -0.822. The van der Waals surface area contributed by atoms with E-state index in [1.54, 1.807) is 56.3 Å². The molecule has 2 amide bonds. The molecular weight excluding hydrogens is 605 g/mol. The zero-order valence-corrected chi connectivity index (χ0v) is 26.7. The van der Waals surface area contributed by atoms with Crippen molar-refractivity contribution in [3.05, 3.63) is 92.4 Å². The van der Waals surface area contributed by atoms with Crippen LogP contribution in [-0.2, 0) is 26.2 Å². The van der Waals surface area contributed by atoms with Crippen LogP contribution in [0.1, 0.15) is 37.5 Å². The van der Waals surface area contributed by atoms with Gasteiger partial charge in [0.1, 0.15) is 12.6 Å². The third-order valence-electron chi connectivity index (χ3n) is 6.57. The van der Waals surface area contributed by atoms with E-state index in [2.05, 4.69) is 5.32 Å². The highest BCUT2D eigenvalue weighted by Crippen LogP contribution is 2.30. The van der Waals surface area contributed by atoms with Crippen LogP contribution in [0.15, 0.2) is 65.6 Å². The van der Waals surface area contributed by atoms with Gasteiger partial charge in [-0.15, -0.1) is 0 Å². The Labute approximate surface area is 257 Å². The second-order valence-corrected chi connectivity index (χ2v) is 13.4. The van der Waals surface area contributed by atoms with Gasteiger partial charge in [-0.25, -0.2) is 8.42 Å². The summed E-state index contributed by atoms with van der Waals surface area (Å²) in [4.78, 5) is 28.5. The molecule has 0 aliphatic heterocycles. The molecule has 3 aromatic carbocycles. The van der Waals surface area contributed by atoms with Gasteiger partial charge in [-0.3, -0.25) is 13.9 Å². The lowest BCUT2D eigenvalue weighted by molar-refractivity contribution is -0.139. The SMILES string of the molecule is Cc1ccc(S(=O)(=O)N(CC(=O)N(Cc2c(Cl)cccc2Cl)[C@@H](C)C(=O)NCC(C)C)c2ccc(C)c(Cl)c2)cc1. The van der Waals surface area contributed by atoms with E-state index in [9.17, 15) is 18.0 Å². The number of rotatable bonds is 11. The van der Waals surface area contributed by atoms with E-state index in [0.29, 0.717) is 27.2 Å². The molecule has 3 aromatic rings. The van der Waals surface area contributed by atoms with Crippen molar-refractivity contribution >= 4 is 62.3 Å². The number of carbonyl (C=O) groups excluding carboxylic acids is 2. The standard InChI is InChI=1S/C30H34Cl3N3O4S/c1-19(2)16-34-30(38)22(5)35(17-25-26(31)7-6-8-27(25)32)29(37)18-36(23-12-11-21(4)28(33)15-23)41(39,40)24-13-9-20(3)10-14-24/h6-15,19,22H,16-18H2,1-5H3,(H,34,38)/t22-/m0/s1. The molecule has 0 aliphatic rings. The Morgan fingerprint density at radius 3 is 2.05 bits per heavy atom. The van der Waals surface area contributed by atoms with Crippen molar-refractivity contribution in [1.29, 1.82) is 0 Å². The first-order chi connectivity index (χ1) is 19.2. The van der Waals surface area contributed by atoms with E-state index in [4.69, 9.17) is 34.8 Å². The van der Waals surface area contributed by atoms with Gasteiger partial charge in [0.25, 0.3) is 10.0 Å². The van der Waals surface area contributed by atoms with Gasteiger partial charge in [-0.1, -0.05) is 78.5 Å². The predicted octanol–water partition coefficient (Wildman–Crippen LogP) is 6.65. The normalized spacial score (nSPS) is 12.2. The number of carbonyl (C=O) groups is 2. The summed E-state index contributed by atoms with van der Waals surface area (Å²) in [7, 11) is -4.21. The van der Waals surface area contributed by atoms with Gasteiger partial charge in [-0.2, -0.15) is 0 Å². The van der Waals surface area contributed by atoms with Gasteiger partial charge >= 0.3 is 0 Å². The smallest absolute Gasteiger partial charge is 0.264 e. The summed E-state index contributed by atoms with van der Waals surface area (Å²) in [6.45, 7) is 8.84. The zero-order chi connectivity index (χ0) is 30.5. The highest BCUT2D eigenvalue weighted by molar-refractivity contribution is 7.92. The molecule has 11 heteroatoms.